The summed E-state index contributed by atoms with van der Waals surface area (Å²) in [6, 6.07) is 11.4. The van der Waals surface area contributed by atoms with E-state index >= 15 is 0 Å². The van der Waals surface area contributed by atoms with Crippen molar-refractivity contribution in [3.63, 3.8) is 0 Å². The molecule has 0 radical (unpaired) electrons. The highest BCUT2D eigenvalue weighted by molar-refractivity contribution is 6.31. The number of aromatic hydroxyl groups is 1. The predicted octanol–water partition coefficient (Wildman–Crippen LogP) is 3.86. The summed E-state index contributed by atoms with van der Waals surface area (Å²) < 4.78 is 0. The second-order valence-corrected chi connectivity index (χ2v) is 8.89. The molecule has 2 heterocycles. The van der Waals surface area contributed by atoms with Gasteiger partial charge in [0.25, 0.3) is 0 Å². The van der Waals surface area contributed by atoms with Gasteiger partial charge in [-0.15, -0.1) is 0 Å². The van der Waals surface area contributed by atoms with Crippen LogP contribution in [0.3, 0.4) is 0 Å². The van der Waals surface area contributed by atoms with Crippen molar-refractivity contribution in [1.29, 1.82) is 0 Å². The molecule has 1 saturated heterocycles. The Morgan fingerprint density at radius 2 is 1.89 bits per heavy atom. The average molecular weight is 387 g/mol. The summed E-state index contributed by atoms with van der Waals surface area (Å²) in [6.45, 7) is 5.23. The molecule has 0 bridgehead atoms. The molecule has 2 N–H and O–H groups in total. The Labute approximate surface area is 165 Å². The summed E-state index contributed by atoms with van der Waals surface area (Å²) in [7, 11) is 0. The molecule has 1 aromatic carbocycles. The SMILES string of the molecule is CC(CN1C[C@@H]2C[C@@](O)(Cc3ccccc3Cl)C[C@@H]2C1)c1ccc(O)cn1. The van der Waals surface area contributed by atoms with Gasteiger partial charge in [0.15, 0.2) is 0 Å². The van der Waals surface area contributed by atoms with Crippen molar-refractivity contribution < 1.29 is 10.2 Å². The molecule has 2 aliphatic rings. The van der Waals surface area contributed by atoms with Gasteiger partial charge < -0.3 is 15.1 Å². The van der Waals surface area contributed by atoms with Crippen LogP contribution in [0.2, 0.25) is 5.02 Å². The quantitative estimate of drug-likeness (QED) is 0.819. The third-order valence-corrected chi connectivity index (χ3v) is 6.59. The third kappa shape index (κ3) is 4.13. The highest BCUT2D eigenvalue weighted by Crippen LogP contribution is 2.46. The maximum absolute atomic E-state index is 11.1. The van der Waals surface area contributed by atoms with Gasteiger partial charge in [-0.3, -0.25) is 4.98 Å². The predicted molar refractivity (Wildman–Crippen MR) is 107 cm³/mol. The standard InChI is InChI=1S/C22H27ClN2O2/c1-15(21-7-6-19(26)11-24-21)12-25-13-17-9-22(27,10-18(17)14-25)8-16-4-2-3-5-20(16)23/h2-7,11,15,17-18,26-27H,8-10,12-14H2,1H3/t15?,17-,18+,22-. The maximum atomic E-state index is 11.1. The van der Waals surface area contributed by atoms with E-state index in [0.717, 1.165) is 48.8 Å². The van der Waals surface area contributed by atoms with Gasteiger partial charge in [0.05, 0.1) is 11.8 Å². The minimum absolute atomic E-state index is 0.208. The Morgan fingerprint density at radius 1 is 1.19 bits per heavy atom. The second-order valence-electron chi connectivity index (χ2n) is 8.48. The molecule has 4 nitrogen and oxygen atoms in total. The summed E-state index contributed by atoms with van der Waals surface area (Å²) in [5.41, 5.74) is 1.43. The molecule has 144 valence electrons. The summed E-state index contributed by atoms with van der Waals surface area (Å²) in [4.78, 5) is 6.85. The van der Waals surface area contributed by atoms with E-state index in [1.54, 1.807) is 6.07 Å². The highest BCUT2D eigenvalue weighted by atomic mass is 35.5. The number of aromatic nitrogens is 1. The molecule has 0 amide bonds. The van der Waals surface area contributed by atoms with Crippen molar-refractivity contribution in [2.45, 2.75) is 37.7 Å². The lowest BCUT2D eigenvalue weighted by Crippen LogP contribution is -2.33. The molecule has 4 atom stereocenters. The fourth-order valence-electron chi connectivity index (χ4n) is 5.02. The van der Waals surface area contributed by atoms with Crippen LogP contribution in [0.4, 0.5) is 0 Å². The summed E-state index contributed by atoms with van der Waals surface area (Å²) in [6.07, 6.45) is 3.86. The lowest BCUT2D eigenvalue weighted by Gasteiger charge is -2.27. The van der Waals surface area contributed by atoms with E-state index in [1.165, 1.54) is 6.20 Å². The molecule has 1 aliphatic heterocycles. The van der Waals surface area contributed by atoms with Crippen molar-refractivity contribution in [3.8, 4) is 5.75 Å². The van der Waals surface area contributed by atoms with E-state index in [9.17, 15) is 10.2 Å². The van der Waals surface area contributed by atoms with Gasteiger partial charge >= 0.3 is 0 Å². The normalized spacial score (nSPS) is 29.0. The summed E-state index contributed by atoms with van der Waals surface area (Å²) >= 11 is 6.29. The van der Waals surface area contributed by atoms with Gasteiger partial charge in [-0.05, 0) is 48.4 Å². The molecular weight excluding hydrogens is 360 g/mol. The van der Waals surface area contributed by atoms with Gasteiger partial charge in [0.2, 0.25) is 0 Å². The maximum Gasteiger partial charge on any atom is 0.133 e. The number of hydrogen-bond acceptors (Lipinski definition) is 4. The zero-order valence-electron chi connectivity index (χ0n) is 15.7. The molecule has 27 heavy (non-hydrogen) atoms. The first-order valence-corrected chi connectivity index (χ1v) is 10.1. The van der Waals surface area contributed by atoms with E-state index in [-0.39, 0.29) is 5.75 Å². The lowest BCUT2D eigenvalue weighted by molar-refractivity contribution is 0.0353. The van der Waals surface area contributed by atoms with Crippen molar-refractivity contribution in [1.82, 2.24) is 9.88 Å². The first-order chi connectivity index (χ1) is 12.9. The van der Waals surface area contributed by atoms with Crippen molar-refractivity contribution >= 4 is 11.6 Å². The number of fused-ring (bicyclic) bond motifs is 1. The monoisotopic (exact) mass is 386 g/mol. The van der Waals surface area contributed by atoms with Crippen LogP contribution in [0.1, 0.15) is 36.9 Å². The number of rotatable bonds is 5. The van der Waals surface area contributed by atoms with Crippen LogP contribution in [-0.4, -0.2) is 45.3 Å². The Morgan fingerprint density at radius 3 is 2.52 bits per heavy atom. The third-order valence-electron chi connectivity index (χ3n) is 6.22. The number of pyridine rings is 1. The number of hydrogen-bond donors (Lipinski definition) is 2. The topological polar surface area (TPSA) is 56.6 Å². The van der Waals surface area contributed by atoms with Crippen molar-refractivity contribution in [2.75, 3.05) is 19.6 Å². The number of likely N-dealkylation sites (tertiary alicyclic amines) is 1. The van der Waals surface area contributed by atoms with Crippen LogP contribution in [0.25, 0.3) is 0 Å². The first-order valence-electron chi connectivity index (χ1n) is 9.75. The lowest BCUT2D eigenvalue weighted by atomic mass is 9.91. The second kappa shape index (κ2) is 7.42. The molecule has 2 fully saturated rings. The van der Waals surface area contributed by atoms with Gasteiger partial charge in [-0.1, -0.05) is 36.7 Å². The Balaban J connectivity index is 1.34. The number of benzene rings is 1. The zero-order valence-corrected chi connectivity index (χ0v) is 16.4. The molecule has 1 aliphatic carbocycles. The van der Waals surface area contributed by atoms with Gasteiger partial charge in [-0.25, -0.2) is 0 Å². The number of aliphatic hydroxyl groups is 1. The first kappa shape index (κ1) is 18.7. The van der Waals surface area contributed by atoms with Crippen LogP contribution < -0.4 is 0 Å². The van der Waals surface area contributed by atoms with Crippen LogP contribution in [0.15, 0.2) is 42.6 Å². The summed E-state index contributed by atoms with van der Waals surface area (Å²) in [5, 5.41) is 21.3. The largest absolute Gasteiger partial charge is 0.506 e. The Hall–Kier alpha value is -1.62. The van der Waals surface area contributed by atoms with E-state index in [2.05, 4.69) is 16.8 Å². The molecule has 1 saturated carbocycles. The van der Waals surface area contributed by atoms with E-state index in [1.807, 2.05) is 30.3 Å². The fourth-order valence-corrected chi connectivity index (χ4v) is 5.22. The number of nitrogens with zero attached hydrogens (tertiary/aromatic N) is 2. The Bertz CT molecular complexity index is 781. The zero-order chi connectivity index (χ0) is 19.0. The van der Waals surface area contributed by atoms with E-state index in [0.29, 0.717) is 24.2 Å². The van der Waals surface area contributed by atoms with Gasteiger partial charge in [0, 0.05) is 42.7 Å². The molecule has 0 spiro atoms. The molecule has 5 heteroatoms. The van der Waals surface area contributed by atoms with Crippen LogP contribution >= 0.6 is 11.6 Å². The fraction of sp³-hybridized carbons (Fsp3) is 0.500. The number of halogens is 1. The van der Waals surface area contributed by atoms with Crippen molar-refractivity contribution in [2.24, 2.45) is 11.8 Å². The van der Waals surface area contributed by atoms with Crippen LogP contribution in [-0.2, 0) is 6.42 Å². The smallest absolute Gasteiger partial charge is 0.133 e. The van der Waals surface area contributed by atoms with E-state index in [4.69, 9.17) is 11.6 Å². The van der Waals surface area contributed by atoms with Gasteiger partial charge in [-0.2, -0.15) is 0 Å². The highest BCUT2D eigenvalue weighted by Gasteiger charge is 2.48. The molecular formula is C22H27ClN2O2. The van der Waals surface area contributed by atoms with Crippen LogP contribution in [0, 0.1) is 11.8 Å². The van der Waals surface area contributed by atoms with Crippen molar-refractivity contribution in [3.05, 3.63) is 58.9 Å². The van der Waals surface area contributed by atoms with Gasteiger partial charge in [0.1, 0.15) is 5.75 Å². The van der Waals surface area contributed by atoms with Crippen LogP contribution in [0.5, 0.6) is 5.75 Å². The van der Waals surface area contributed by atoms with E-state index < -0.39 is 5.60 Å². The molecule has 1 unspecified atom stereocenters. The Kier molecular flexibility index (Phi) is 5.15. The molecule has 4 rings (SSSR count). The minimum atomic E-state index is -0.628. The molecule has 2 aromatic rings. The molecule has 1 aromatic heterocycles. The average Bonchev–Trinajstić information content (AvgIpc) is 3.11. The minimum Gasteiger partial charge on any atom is -0.506 e. The summed E-state index contributed by atoms with van der Waals surface area (Å²) in [5.74, 6) is 1.64.